The topological polar surface area (TPSA) is 18.5 Å². The number of hydrogen-bond donors (Lipinski definition) is 1. The minimum absolute atomic E-state index is 0.338. The number of likely N-dealkylation sites (tertiary alicyclic amines) is 2. The molecule has 0 aliphatic carbocycles. The molecular formula is C17H35N3. The third-order valence-corrected chi connectivity index (χ3v) is 5.41. The molecule has 0 spiro atoms. The van der Waals surface area contributed by atoms with Gasteiger partial charge in [-0.15, -0.1) is 0 Å². The van der Waals surface area contributed by atoms with Crippen LogP contribution in [0.4, 0.5) is 0 Å². The molecule has 2 saturated heterocycles. The zero-order valence-corrected chi connectivity index (χ0v) is 14.3. The second-order valence-electron chi connectivity index (χ2n) is 8.03. The van der Waals surface area contributed by atoms with E-state index in [1.807, 2.05) is 0 Å². The van der Waals surface area contributed by atoms with Crippen LogP contribution in [0, 0.1) is 5.92 Å². The minimum atomic E-state index is 0.338. The van der Waals surface area contributed by atoms with Crippen molar-refractivity contribution >= 4 is 0 Å². The average molecular weight is 281 g/mol. The van der Waals surface area contributed by atoms with Crippen LogP contribution in [-0.2, 0) is 0 Å². The monoisotopic (exact) mass is 281 g/mol. The van der Waals surface area contributed by atoms with Gasteiger partial charge in [0.05, 0.1) is 0 Å². The van der Waals surface area contributed by atoms with Gasteiger partial charge in [0.1, 0.15) is 0 Å². The van der Waals surface area contributed by atoms with Crippen LogP contribution in [0.5, 0.6) is 0 Å². The Morgan fingerprint density at radius 2 is 1.50 bits per heavy atom. The molecule has 0 radical (unpaired) electrons. The van der Waals surface area contributed by atoms with Crippen molar-refractivity contribution in [2.24, 2.45) is 5.92 Å². The molecule has 2 heterocycles. The quantitative estimate of drug-likeness (QED) is 0.858. The lowest BCUT2D eigenvalue weighted by Gasteiger charge is -2.42. The summed E-state index contributed by atoms with van der Waals surface area (Å²) in [4.78, 5) is 5.09. The van der Waals surface area contributed by atoms with Crippen LogP contribution < -0.4 is 5.32 Å². The lowest BCUT2D eigenvalue weighted by atomic mass is 9.89. The largest absolute Gasteiger partial charge is 0.311 e. The van der Waals surface area contributed by atoms with E-state index in [9.17, 15) is 0 Å². The summed E-state index contributed by atoms with van der Waals surface area (Å²) in [6.45, 7) is 14.5. The van der Waals surface area contributed by atoms with E-state index < -0.39 is 0 Å². The van der Waals surface area contributed by atoms with Crippen LogP contribution in [0.1, 0.15) is 53.4 Å². The average Bonchev–Trinajstić information content (AvgIpc) is 2.39. The Labute approximate surface area is 126 Å². The summed E-state index contributed by atoms with van der Waals surface area (Å²) in [5.74, 6) is 0.881. The van der Waals surface area contributed by atoms with Gasteiger partial charge in [0, 0.05) is 30.7 Å². The Morgan fingerprint density at radius 1 is 0.950 bits per heavy atom. The molecule has 1 atom stereocenters. The van der Waals surface area contributed by atoms with E-state index in [-0.39, 0.29) is 0 Å². The van der Waals surface area contributed by atoms with Gasteiger partial charge < -0.3 is 10.2 Å². The maximum Gasteiger partial charge on any atom is 0.0125 e. The van der Waals surface area contributed by atoms with Gasteiger partial charge in [0.25, 0.3) is 0 Å². The number of rotatable bonds is 3. The molecule has 2 fully saturated rings. The van der Waals surface area contributed by atoms with Crippen LogP contribution in [0.15, 0.2) is 0 Å². The van der Waals surface area contributed by atoms with Crippen molar-refractivity contribution in [2.45, 2.75) is 71.0 Å². The lowest BCUT2D eigenvalue weighted by molar-refractivity contribution is 0.0892. The smallest absolute Gasteiger partial charge is 0.0125 e. The molecule has 1 N–H and O–H groups in total. The second kappa shape index (κ2) is 6.76. The molecule has 0 bridgehead atoms. The summed E-state index contributed by atoms with van der Waals surface area (Å²) in [7, 11) is 2.25. The van der Waals surface area contributed by atoms with E-state index in [1.54, 1.807) is 0 Å². The van der Waals surface area contributed by atoms with Gasteiger partial charge in [-0.2, -0.15) is 0 Å². The highest BCUT2D eigenvalue weighted by atomic mass is 15.2. The molecule has 20 heavy (non-hydrogen) atoms. The van der Waals surface area contributed by atoms with Gasteiger partial charge in [0.2, 0.25) is 0 Å². The van der Waals surface area contributed by atoms with Gasteiger partial charge in [-0.3, -0.25) is 4.90 Å². The van der Waals surface area contributed by atoms with Crippen molar-refractivity contribution in [1.82, 2.24) is 15.1 Å². The first kappa shape index (κ1) is 16.3. The van der Waals surface area contributed by atoms with Gasteiger partial charge in [-0.25, -0.2) is 0 Å². The van der Waals surface area contributed by atoms with Crippen molar-refractivity contribution in [1.29, 1.82) is 0 Å². The molecule has 118 valence electrons. The SMILES string of the molecule is CC(NC1CCN(C(C)(C)C)CC1)C1CCN(C)CC1. The summed E-state index contributed by atoms with van der Waals surface area (Å²) in [6, 6.07) is 1.43. The van der Waals surface area contributed by atoms with Crippen molar-refractivity contribution in [3.05, 3.63) is 0 Å². The van der Waals surface area contributed by atoms with Crippen molar-refractivity contribution < 1.29 is 0 Å². The third kappa shape index (κ3) is 4.44. The first-order valence-electron chi connectivity index (χ1n) is 8.56. The summed E-state index contributed by atoms with van der Waals surface area (Å²) in [5.41, 5.74) is 0.338. The summed E-state index contributed by atoms with van der Waals surface area (Å²) >= 11 is 0. The molecule has 0 aromatic heterocycles. The van der Waals surface area contributed by atoms with Gasteiger partial charge >= 0.3 is 0 Å². The Bertz CT molecular complexity index is 281. The maximum absolute atomic E-state index is 3.93. The predicted octanol–water partition coefficient (Wildman–Crippen LogP) is 2.57. The Morgan fingerprint density at radius 3 is 2.00 bits per heavy atom. The second-order valence-corrected chi connectivity index (χ2v) is 8.03. The van der Waals surface area contributed by atoms with E-state index in [1.165, 1.54) is 51.9 Å². The predicted molar refractivity (Wildman–Crippen MR) is 87.2 cm³/mol. The summed E-state index contributed by atoms with van der Waals surface area (Å²) in [5, 5.41) is 3.93. The molecule has 0 aromatic carbocycles. The number of nitrogens with zero attached hydrogens (tertiary/aromatic N) is 2. The van der Waals surface area contributed by atoms with E-state index >= 15 is 0 Å². The third-order valence-electron chi connectivity index (χ3n) is 5.41. The van der Waals surface area contributed by atoms with Crippen molar-refractivity contribution in [2.75, 3.05) is 33.2 Å². The normalized spacial score (nSPS) is 26.9. The van der Waals surface area contributed by atoms with Crippen LogP contribution in [0.25, 0.3) is 0 Å². The lowest BCUT2D eigenvalue weighted by Crippen LogP contribution is -2.52. The van der Waals surface area contributed by atoms with E-state index in [0.717, 1.165) is 12.0 Å². The van der Waals surface area contributed by atoms with E-state index in [0.29, 0.717) is 11.6 Å². The molecule has 0 amide bonds. The molecule has 2 rings (SSSR count). The fourth-order valence-corrected chi connectivity index (χ4v) is 3.75. The number of piperidine rings is 2. The van der Waals surface area contributed by atoms with Crippen LogP contribution >= 0.6 is 0 Å². The van der Waals surface area contributed by atoms with Crippen LogP contribution in [0.2, 0.25) is 0 Å². The number of hydrogen-bond acceptors (Lipinski definition) is 3. The molecule has 2 aliphatic heterocycles. The van der Waals surface area contributed by atoms with E-state index in [4.69, 9.17) is 0 Å². The fraction of sp³-hybridized carbons (Fsp3) is 1.00. The van der Waals surface area contributed by atoms with Crippen LogP contribution in [-0.4, -0.2) is 60.6 Å². The molecule has 3 heteroatoms. The maximum atomic E-state index is 3.93. The van der Waals surface area contributed by atoms with E-state index in [2.05, 4.69) is 49.9 Å². The Balaban J connectivity index is 1.72. The standard InChI is InChI=1S/C17H35N3/c1-14(15-6-10-19(5)11-7-15)18-16-8-12-20(13-9-16)17(2,3)4/h14-16,18H,6-13H2,1-5H3. The minimum Gasteiger partial charge on any atom is -0.311 e. The number of nitrogens with one attached hydrogen (secondary N) is 1. The van der Waals surface area contributed by atoms with Crippen molar-refractivity contribution in [3.8, 4) is 0 Å². The molecular weight excluding hydrogens is 246 g/mol. The molecule has 3 nitrogen and oxygen atoms in total. The molecule has 0 saturated carbocycles. The Kier molecular flexibility index (Phi) is 5.49. The highest BCUT2D eigenvalue weighted by Crippen LogP contribution is 2.23. The molecule has 2 aliphatic rings. The zero-order valence-electron chi connectivity index (χ0n) is 14.3. The zero-order chi connectivity index (χ0) is 14.8. The van der Waals surface area contributed by atoms with Crippen LogP contribution in [0.3, 0.4) is 0 Å². The highest BCUT2D eigenvalue weighted by molar-refractivity contribution is 4.87. The molecule has 0 aromatic rings. The van der Waals surface area contributed by atoms with Gasteiger partial charge in [0.15, 0.2) is 0 Å². The fourth-order valence-electron chi connectivity index (χ4n) is 3.75. The summed E-state index contributed by atoms with van der Waals surface area (Å²) in [6.07, 6.45) is 5.36. The molecule has 1 unspecified atom stereocenters. The first-order valence-corrected chi connectivity index (χ1v) is 8.56. The van der Waals surface area contributed by atoms with Gasteiger partial charge in [-0.1, -0.05) is 0 Å². The Hall–Kier alpha value is -0.120. The van der Waals surface area contributed by atoms with Gasteiger partial charge in [-0.05, 0) is 79.4 Å². The van der Waals surface area contributed by atoms with Crippen molar-refractivity contribution in [3.63, 3.8) is 0 Å². The first-order chi connectivity index (χ1) is 9.36. The highest BCUT2D eigenvalue weighted by Gasteiger charge is 2.29. The summed E-state index contributed by atoms with van der Waals surface area (Å²) < 4.78 is 0.